The van der Waals surface area contributed by atoms with Crippen molar-refractivity contribution in [2.75, 3.05) is 6.61 Å². The number of hydrogen-bond donors (Lipinski definition) is 2. The summed E-state index contributed by atoms with van der Waals surface area (Å²) in [5.74, 6) is -0.621. The molecule has 0 bridgehead atoms. The van der Waals surface area contributed by atoms with Gasteiger partial charge in [0.2, 0.25) is 0 Å². The van der Waals surface area contributed by atoms with Gasteiger partial charge in [-0.1, -0.05) is 18.2 Å². The highest BCUT2D eigenvalue weighted by molar-refractivity contribution is 7.09. The Morgan fingerprint density at radius 1 is 1.23 bits per heavy atom. The molecule has 0 radical (unpaired) electrons. The van der Waals surface area contributed by atoms with Gasteiger partial charge in [0.25, 0.3) is 5.91 Å². The summed E-state index contributed by atoms with van der Waals surface area (Å²) in [5.41, 5.74) is 0.827. The van der Waals surface area contributed by atoms with Crippen molar-refractivity contribution in [3.05, 3.63) is 52.2 Å². The Morgan fingerprint density at radius 2 is 1.96 bits per heavy atom. The number of thiophene rings is 1. The molecule has 0 aliphatic rings. The van der Waals surface area contributed by atoms with Crippen molar-refractivity contribution in [3.8, 4) is 5.75 Å². The number of rotatable bonds is 10. The number of carboxylic acid groups (broad SMARTS) is 1. The van der Waals surface area contributed by atoms with Crippen molar-refractivity contribution in [2.45, 2.75) is 39.0 Å². The lowest BCUT2D eigenvalue weighted by molar-refractivity contribution is -0.150. The van der Waals surface area contributed by atoms with Gasteiger partial charge < -0.3 is 19.9 Å². The van der Waals surface area contributed by atoms with Gasteiger partial charge in [-0.15, -0.1) is 11.3 Å². The molecule has 0 aliphatic carbocycles. The van der Waals surface area contributed by atoms with E-state index in [1.165, 1.54) is 0 Å². The average Bonchev–Trinajstić information content (AvgIpc) is 3.14. The molecule has 140 valence electrons. The normalized spacial score (nSPS) is 13.0. The Balaban J connectivity index is 1.85. The van der Waals surface area contributed by atoms with Gasteiger partial charge in [-0.25, -0.2) is 4.79 Å². The number of ether oxygens (including phenoxy) is 2. The lowest BCUT2D eigenvalue weighted by atomic mass is 10.1. The SMILES string of the molecule is CCOC(Cc1ccc(OC(C)C(=O)NCc2cccs2)cc1)C(=O)O. The van der Waals surface area contributed by atoms with Gasteiger partial charge in [0.1, 0.15) is 5.75 Å². The molecule has 0 fully saturated rings. The minimum absolute atomic E-state index is 0.190. The second-order valence-corrected chi connectivity index (χ2v) is 6.72. The van der Waals surface area contributed by atoms with Crippen LogP contribution in [0.15, 0.2) is 41.8 Å². The van der Waals surface area contributed by atoms with Gasteiger partial charge in [0, 0.05) is 17.9 Å². The largest absolute Gasteiger partial charge is 0.481 e. The van der Waals surface area contributed by atoms with Crippen molar-refractivity contribution in [1.29, 1.82) is 0 Å². The molecule has 1 aromatic heterocycles. The van der Waals surface area contributed by atoms with Gasteiger partial charge in [-0.2, -0.15) is 0 Å². The minimum atomic E-state index is -0.983. The van der Waals surface area contributed by atoms with Crippen LogP contribution in [0.25, 0.3) is 0 Å². The zero-order valence-corrected chi connectivity index (χ0v) is 15.6. The second kappa shape index (κ2) is 9.94. The van der Waals surface area contributed by atoms with Gasteiger partial charge >= 0.3 is 5.97 Å². The number of benzene rings is 1. The zero-order valence-electron chi connectivity index (χ0n) is 14.8. The third kappa shape index (κ3) is 6.16. The summed E-state index contributed by atoms with van der Waals surface area (Å²) in [6.07, 6.45) is -1.22. The highest BCUT2D eigenvalue weighted by Crippen LogP contribution is 2.16. The van der Waals surface area contributed by atoms with E-state index < -0.39 is 18.2 Å². The molecule has 2 N–H and O–H groups in total. The predicted molar refractivity (Wildman–Crippen MR) is 99.5 cm³/mol. The minimum Gasteiger partial charge on any atom is -0.481 e. The lowest BCUT2D eigenvalue weighted by Gasteiger charge is -2.15. The van der Waals surface area contributed by atoms with E-state index in [-0.39, 0.29) is 12.3 Å². The third-order valence-electron chi connectivity index (χ3n) is 3.69. The molecule has 0 saturated carbocycles. The number of nitrogens with one attached hydrogen (secondary N) is 1. The van der Waals surface area contributed by atoms with E-state index in [0.717, 1.165) is 10.4 Å². The Labute approximate surface area is 156 Å². The first-order valence-corrected chi connectivity index (χ1v) is 9.27. The molecule has 0 spiro atoms. The second-order valence-electron chi connectivity index (χ2n) is 5.69. The van der Waals surface area contributed by atoms with E-state index in [1.54, 1.807) is 49.4 Å². The molecular formula is C19H23NO5S. The van der Waals surface area contributed by atoms with Crippen LogP contribution in [0.5, 0.6) is 5.75 Å². The summed E-state index contributed by atoms with van der Waals surface area (Å²) in [6, 6.07) is 10.9. The average molecular weight is 377 g/mol. The fourth-order valence-electron chi connectivity index (χ4n) is 2.33. The van der Waals surface area contributed by atoms with E-state index >= 15 is 0 Å². The first kappa shape index (κ1) is 19.9. The number of amides is 1. The molecule has 1 heterocycles. The number of carbonyl (C=O) groups is 2. The number of carbonyl (C=O) groups excluding carboxylic acids is 1. The zero-order chi connectivity index (χ0) is 18.9. The summed E-state index contributed by atoms with van der Waals surface area (Å²) in [4.78, 5) is 24.3. The van der Waals surface area contributed by atoms with Crippen molar-refractivity contribution in [3.63, 3.8) is 0 Å². The van der Waals surface area contributed by atoms with E-state index in [1.807, 2.05) is 17.5 Å². The van der Waals surface area contributed by atoms with E-state index in [4.69, 9.17) is 14.6 Å². The van der Waals surface area contributed by atoms with Crippen LogP contribution in [0.3, 0.4) is 0 Å². The summed E-state index contributed by atoms with van der Waals surface area (Å²) >= 11 is 1.58. The Hall–Kier alpha value is -2.38. The number of carboxylic acids is 1. The van der Waals surface area contributed by atoms with Crippen LogP contribution in [0.2, 0.25) is 0 Å². The topological polar surface area (TPSA) is 84.9 Å². The molecule has 2 rings (SSSR count). The molecule has 26 heavy (non-hydrogen) atoms. The highest BCUT2D eigenvalue weighted by atomic mass is 32.1. The van der Waals surface area contributed by atoms with E-state index in [2.05, 4.69) is 5.32 Å². The van der Waals surface area contributed by atoms with Gasteiger partial charge in [-0.05, 0) is 43.0 Å². The Bertz CT molecular complexity index is 699. The van der Waals surface area contributed by atoms with Crippen molar-refractivity contribution < 1.29 is 24.2 Å². The molecule has 6 nitrogen and oxygen atoms in total. The smallest absolute Gasteiger partial charge is 0.333 e. The van der Waals surface area contributed by atoms with Crippen LogP contribution >= 0.6 is 11.3 Å². The van der Waals surface area contributed by atoms with Crippen molar-refractivity contribution >= 4 is 23.2 Å². The molecule has 0 aliphatic heterocycles. The summed E-state index contributed by atoms with van der Waals surface area (Å²) in [5, 5.41) is 13.9. The van der Waals surface area contributed by atoms with Crippen molar-refractivity contribution in [1.82, 2.24) is 5.32 Å². The predicted octanol–water partition coefficient (Wildman–Crippen LogP) is 2.86. The molecule has 7 heteroatoms. The maximum absolute atomic E-state index is 12.1. The monoisotopic (exact) mass is 377 g/mol. The highest BCUT2D eigenvalue weighted by Gasteiger charge is 2.18. The molecule has 0 saturated heterocycles. The van der Waals surface area contributed by atoms with Crippen molar-refractivity contribution in [2.24, 2.45) is 0 Å². The van der Waals surface area contributed by atoms with Crippen LogP contribution in [-0.2, 0) is 27.3 Å². The summed E-state index contributed by atoms with van der Waals surface area (Å²) in [6.45, 7) is 4.28. The van der Waals surface area contributed by atoms with E-state index in [9.17, 15) is 9.59 Å². The third-order valence-corrected chi connectivity index (χ3v) is 4.56. The number of aliphatic carboxylic acids is 1. The summed E-state index contributed by atoms with van der Waals surface area (Å²) < 4.78 is 10.9. The van der Waals surface area contributed by atoms with E-state index in [0.29, 0.717) is 18.9 Å². The van der Waals surface area contributed by atoms with Gasteiger partial charge in [0.05, 0.1) is 6.54 Å². The maximum atomic E-state index is 12.1. The van der Waals surface area contributed by atoms with Crippen LogP contribution < -0.4 is 10.1 Å². The first-order chi connectivity index (χ1) is 12.5. The number of hydrogen-bond acceptors (Lipinski definition) is 5. The molecule has 2 unspecified atom stereocenters. The molecular weight excluding hydrogens is 354 g/mol. The van der Waals surface area contributed by atoms with Crippen LogP contribution in [0, 0.1) is 0 Å². The molecule has 1 amide bonds. The Morgan fingerprint density at radius 3 is 2.54 bits per heavy atom. The molecule has 2 aromatic rings. The first-order valence-electron chi connectivity index (χ1n) is 8.39. The van der Waals surface area contributed by atoms with Crippen LogP contribution in [-0.4, -0.2) is 35.8 Å². The van der Waals surface area contributed by atoms with Gasteiger partial charge in [-0.3, -0.25) is 4.79 Å². The maximum Gasteiger partial charge on any atom is 0.333 e. The Kier molecular flexibility index (Phi) is 7.62. The fourth-order valence-corrected chi connectivity index (χ4v) is 2.97. The summed E-state index contributed by atoms with van der Waals surface area (Å²) in [7, 11) is 0. The van der Waals surface area contributed by atoms with Crippen LogP contribution in [0.4, 0.5) is 0 Å². The van der Waals surface area contributed by atoms with Crippen LogP contribution in [0.1, 0.15) is 24.3 Å². The standard InChI is InChI=1S/C19H23NO5S/c1-3-24-17(19(22)23)11-14-6-8-15(9-7-14)25-13(2)18(21)20-12-16-5-4-10-26-16/h4-10,13,17H,3,11-12H2,1-2H3,(H,20,21)(H,22,23). The lowest BCUT2D eigenvalue weighted by Crippen LogP contribution is -2.35. The molecule has 1 aromatic carbocycles. The van der Waals surface area contributed by atoms with Gasteiger partial charge in [0.15, 0.2) is 12.2 Å². The fraction of sp³-hybridized carbons (Fsp3) is 0.368. The molecule has 2 atom stereocenters. The quantitative estimate of drug-likeness (QED) is 0.665.